The van der Waals surface area contributed by atoms with Gasteiger partial charge in [0.15, 0.2) is 5.69 Å². The third-order valence-electron chi connectivity index (χ3n) is 5.45. The molecule has 0 radical (unpaired) electrons. The molecule has 0 atom stereocenters. The van der Waals surface area contributed by atoms with E-state index in [0.29, 0.717) is 17.9 Å². The molecular weight excluding hydrogens is 479 g/mol. The summed E-state index contributed by atoms with van der Waals surface area (Å²) in [6.07, 6.45) is 0.455. The highest BCUT2D eigenvalue weighted by molar-refractivity contribution is 7.20. The minimum Gasteiger partial charge on any atom is -0.319 e. The van der Waals surface area contributed by atoms with Gasteiger partial charge in [0, 0.05) is 29.9 Å². The van der Waals surface area contributed by atoms with Crippen molar-refractivity contribution in [3.63, 3.8) is 0 Å². The van der Waals surface area contributed by atoms with Crippen molar-refractivity contribution in [1.82, 2.24) is 29.3 Å². The molecule has 0 aliphatic carbocycles. The van der Waals surface area contributed by atoms with E-state index in [-0.39, 0.29) is 15.1 Å². The molecule has 12 heteroatoms. The van der Waals surface area contributed by atoms with Crippen molar-refractivity contribution in [2.24, 2.45) is 0 Å². The van der Waals surface area contributed by atoms with Crippen LogP contribution in [0.4, 0.5) is 18.9 Å². The lowest BCUT2D eigenvalue weighted by Gasteiger charge is -2.04. The van der Waals surface area contributed by atoms with Crippen LogP contribution in [0.25, 0.3) is 15.9 Å². The Bertz CT molecular complexity index is 1510. The summed E-state index contributed by atoms with van der Waals surface area (Å²) < 4.78 is 45.7. The lowest BCUT2D eigenvalue weighted by atomic mass is 10.2. The Morgan fingerprint density at radius 1 is 1.11 bits per heavy atom. The topological polar surface area (TPSA) is 82.6 Å². The molecule has 0 saturated carbocycles. The number of nitrogens with zero attached hydrogens (tertiary/aromatic N) is 6. The van der Waals surface area contributed by atoms with Crippen LogP contribution in [-0.2, 0) is 19.3 Å². The predicted molar refractivity (Wildman–Crippen MR) is 126 cm³/mol. The third kappa shape index (κ3) is 4.44. The Labute approximate surface area is 201 Å². The zero-order valence-corrected chi connectivity index (χ0v) is 19.6. The van der Waals surface area contributed by atoms with Gasteiger partial charge >= 0.3 is 6.18 Å². The van der Waals surface area contributed by atoms with Crippen LogP contribution in [0, 0.1) is 6.92 Å². The first kappa shape index (κ1) is 22.8. The molecule has 1 amide bonds. The number of para-hydroxylation sites is 1. The molecule has 0 aliphatic rings. The van der Waals surface area contributed by atoms with Gasteiger partial charge in [-0.15, -0.1) is 11.3 Å². The van der Waals surface area contributed by atoms with Crippen molar-refractivity contribution in [3.05, 3.63) is 76.8 Å². The van der Waals surface area contributed by atoms with Crippen LogP contribution < -0.4 is 5.32 Å². The molecule has 8 nitrogen and oxygen atoms in total. The first-order valence-corrected chi connectivity index (χ1v) is 11.6. The van der Waals surface area contributed by atoms with E-state index in [9.17, 15) is 18.0 Å². The minimum atomic E-state index is -4.65. The molecule has 0 spiro atoms. The molecule has 0 bridgehead atoms. The fourth-order valence-electron chi connectivity index (χ4n) is 3.73. The average molecular weight is 500 g/mol. The number of aryl methyl sites for hydroxylation is 2. The Morgan fingerprint density at radius 2 is 1.89 bits per heavy atom. The molecule has 4 aromatic heterocycles. The highest BCUT2D eigenvalue weighted by Crippen LogP contribution is 2.39. The fourth-order valence-corrected chi connectivity index (χ4v) is 4.76. The zero-order chi connectivity index (χ0) is 24.7. The summed E-state index contributed by atoms with van der Waals surface area (Å²) in [5.74, 6) is -0.520. The molecule has 5 rings (SSSR count). The maximum absolute atomic E-state index is 13.6. The Morgan fingerprint density at radius 3 is 2.57 bits per heavy atom. The van der Waals surface area contributed by atoms with Crippen molar-refractivity contribution < 1.29 is 18.0 Å². The molecule has 1 aromatic carbocycles. The summed E-state index contributed by atoms with van der Waals surface area (Å²) in [6.45, 7) is 5.16. The number of nitrogens with one attached hydrogen (secondary N) is 1. The molecule has 1 N–H and O–H groups in total. The normalized spacial score (nSPS) is 11.9. The van der Waals surface area contributed by atoms with E-state index in [1.807, 2.05) is 24.7 Å². The third-order valence-corrected chi connectivity index (χ3v) is 6.56. The van der Waals surface area contributed by atoms with Gasteiger partial charge in [-0.05, 0) is 32.0 Å². The lowest BCUT2D eigenvalue weighted by molar-refractivity contribution is -0.140. The van der Waals surface area contributed by atoms with Crippen molar-refractivity contribution in [2.75, 3.05) is 5.32 Å². The number of alkyl halides is 3. The van der Waals surface area contributed by atoms with Crippen LogP contribution in [0.15, 0.2) is 55.0 Å². The number of carbonyl (C=O) groups is 1. The molecular formula is C23H20F3N7OS. The van der Waals surface area contributed by atoms with Gasteiger partial charge in [-0.25, -0.2) is 4.68 Å². The summed E-state index contributed by atoms with van der Waals surface area (Å²) in [6, 6.07) is 9.74. The van der Waals surface area contributed by atoms with Gasteiger partial charge < -0.3 is 5.32 Å². The molecule has 0 fully saturated rings. The number of anilines is 1. The summed E-state index contributed by atoms with van der Waals surface area (Å²) in [5.41, 5.74) is 1.79. The van der Waals surface area contributed by atoms with Crippen LogP contribution in [0.5, 0.6) is 0 Å². The van der Waals surface area contributed by atoms with E-state index >= 15 is 0 Å². The van der Waals surface area contributed by atoms with E-state index < -0.39 is 17.8 Å². The fraction of sp³-hybridized carbons (Fsp3) is 0.217. The second-order valence-electron chi connectivity index (χ2n) is 7.90. The van der Waals surface area contributed by atoms with Gasteiger partial charge in [0.1, 0.15) is 4.83 Å². The van der Waals surface area contributed by atoms with Crippen LogP contribution in [0.1, 0.15) is 33.5 Å². The van der Waals surface area contributed by atoms with Crippen molar-refractivity contribution >= 4 is 33.1 Å². The maximum Gasteiger partial charge on any atom is 0.435 e. The molecule has 180 valence electrons. The number of halogens is 3. The van der Waals surface area contributed by atoms with Crippen LogP contribution >= 0.6 is 11.3 Å². The number of hydrogen-bond acceptors (Lipinski definition) is 5. The monoisotopic (exact) mass is 499 g/mol. The predicted octanol–water partition coefficient (Wildman–Crippen LogP) is 5.13. The SMILES string of the molecule is CCn1cc(Cn2cc(NC(=O)c3cc4c(C(F)(F)F)nn(-c5ccccc5)c4s3)cn2)c(C)n1. The lowest BCUT2D eigenvalue weighted by Crippen LogP contribution is -2.10. The first-order chi connectivity index (χ1) is 16.7. The summed E-state index contributed by atoms with van der Waals surface area (Å²) in [7, 11) is 0. The smallest absolute Gasteiger partial charge is 0.319 e. The molecule has 4 heterocycles. The average Bonchev–Trinajstić information content (AvgIpc) is 3.58. The van der Waals surface area contributed by atoms with Crippen LogP contribution in [0.3, 0.4) is 0 Å². The number of aromatic nitrogens is 6. The van der Waals surface area contributed by atoms with Crippen molar-refractivity contribution in [3.8, 4) is 5.69 Å². The second kappa shape index (κ2) is 8.69. The summed E-state index contributed by atoms with van der Waals surface area (Å²) >= 11 is 0.950. The van der Waals surface area contributed by atoms with Crippen molar-refractivity contribution in [1.29, 1.82) is 0 Å². The van der Waals surface area contributed by atoms with Gasteiger partial charge in [-0.3, -0.25) is 14.2 Å². The number of thiophene rings is 1. The van der Waals surface area contributed by atoms with Gasteiger partial charge in [0.2, 0.25) is 0 Å². The summed E-state index contributed by atoms with van der Waals surface area (Å²) in [4.78, 5) is 13.3. The van der Waals surface area contributed by atoms with Gasteiger partial charge in [-0.1, -0.05) is 18.2 Å². The van der Waals surface area contributed by atoms with Crippen molar-refractivity contribution in [2.45, 2.75) is 33.1 Å². The number of hydrogen-bond donors (Lipinski definition) is 1. The highest BCUT2D eigenvalue weighted by Gasteiger charge is 2.38. The van der Waals surface area contributed by atoms with Crippen LogP contribution in [0.2, 0.25) is 0 Å². The standard InChI is InChI=1S/C23H20F3N7OS/c1-3-31-11-15(14(2)29-31)12-32-13-16(10-27-32)28-21(34)19-9-18-20(23(24,25)26)30-33(22(18)35-19)17-7-5-4-6-8-17/h4-11,13H,3,12H2,1-2H3,(H,28,34). The van der Waals surface area contributed by atoms with E-state index in [1.54, 1.807) is 41.2 Å². The number of amides is 1. The summed E-state index contributed by atoms with van der Waals surface area (Å²) in [5, 5.41) is 15.1. The second-order valence-corrected chi connectivity index (χ2v) is 8.93. The highest BCUT2D eigenvalue weighted by atomic mass is 32.1. The molecule has 0 unspecified atom stereocenters. The Hall–Kier alpha value is -3.93. The number of fused-ring (bicyclic) bond motifs is 1. The molecule has 35 heavy (non-hydrogen) atoms. The van der Waals surface area contributed by atoms with E-state index in [0.717, 1.165) is 29.1 Å². The first-order valence-electron chi connectivity index (χ1n) is 10.7. The quantitative estimate of drug-likeness (QED) is 0.351. The largest absolute Gasteiger partial charge is 0.435 e. The minimum absolute atomic E-state index is 0.115. The molecule has 0 aliphatic heterocycles. The zero-order valence-electron chi connectivity index (χ0n) is 18.7. The van der Waals surface area contributed by atoms with Gasteiger partial charge in [-0.2, -0.15) is 28.5 Å². The van der Waals surface area contributed by atoms with E-state index in [2.05, 4.69) is 20.6 Å². The van der Waals surface area contributed by atoms with Crippen LogP contribution in [-0.4, -0.2) is 35.2 Å². The van der Waals surface area contributed by atoms with Gasteiger partial charge in [0.25, 0.3) is 5.91 Å². The number of rotatable bonds is 6. The maximum atomic E-state index is 13.6. The molecule has 0 saturated heterocycles. The number of benzene rings is 1. The van der Waals surface area contributed by atoms with Gasteiger partial charge in [0.05, 0.1) is 34.7 Å². The Balaban J connectivity index is 1.41. The molecule has 5 aromatic rings. The van der Waals surface area contributed by atoms with E-state index in [4.69, 9.17) is 0 Å². The van der Waals surface area contributed by atoms with E-state index in [1.165, 1.54) is 16.9 Å². The number of carbonyl (C=O) groups excluding carboxylic acids is 1. The Kier molecular flexibility index (Phi) is 5.67.